The Balaban J connectivity index is 2.34. The summed E-state index contributed by atoms with van der Waals surface area (Å²) in [4.78, 5) is 0. The molecule has 0 N–H and O–H groups in total. The molecule has 0 aromatic rings. The van der Waals surface area contributed by atoms with Gasteiger partial charge in [0.1, 0.15) is 0 Å². The van der Waals surface area contributed by atoms with Gasteiger partial charge in [-0.1, -0.05) is 0 Å². The first kappa shape index (κ1) is 22.0. The molecule has 27 heavy (non-hydrogen) atoms. The average Bonchev–Trinajstić information content (AvgIpc) is 3.02. The zero-order chi connectivity index (χ0) is 19.9. The molecular formula is C23H29Cl2GeHf. The third-order valence-corrected chi connectivity index (χ3v) is 16.3. The van der Waals surface area contributed by atoms with Crippen molar-refractivity contribution in [2.45, 2.75) is 58.5 Å². The fourth-order valence-electron chi connectivity index (χ4n) is 4.64. The van der Waals surface area contributed by atoms with Crippen LogP contribution in [0.2, 0.25) is 11.5 Å². The predicted molar refractivity (Wildman–Crippen MR) is 121 cm³/mol. The van der Waals surface area contributed by atoms with Crippen LogP contribution in [0.3, 0.4) is 0 Å². The van der Waals surface area contributed by atoms with Crippen LogP contribution in [-0.4, -0.2) is 18.3 Å². The molecule has 0 radical (unpaired) electrons. The molecule has 1 atom stereocenters. The van der Waals surface area contributed by atoms with E-state index in [1.54, 1.807) is 4.35 Å². The van der Waals surface area contributed by atoms with Crippen molar-refractivity contribution in [2.24, 2.45) is 5.92 Å². The van der Waals surface area contributed by atoms with Gasteiger partial charge in [-0.2, -0.15) is 0 Å². The van der Waals surface area contributed by atoms with E-state index in [1.807, 2.05) is 0 Å². The first-order valence-electron chi connectivity index (χ1n) is 9.89. The van der Waals surface area contributed by atoms with Crippen molar-refractivity contribution in [3.05, 3.63) is 66.6 Å². The van der Waals surface area contributed by atoms with E-state index >= 15 is 0 Å². The van der Waals surface area contributed by atoms with Gasteiger partial charge in [0.25, 0.3) is 0 Å². The van der Waals surface area contributed by atoms with Gasteiger partial charge in [0.2, 0.25) is 0 Å². The molecule has 0 fully saturated rings. The summed E-state index contributed by atoms with van der Waals surface area (Å²) in [7, 11) is 13.5. The number of rotatable bonds is 4. The first-order valence-corrected chi connectivity index (χ1v) is 25.8. The zero-order valence-electron chi connectivity index (χ0n) is 17.3. The Labute approximate surface area is 184 Å². The van der Waals surface area contributed by atoms with Crippen LogP contribution in [0.1, 0.15) is 47.0 Å². The second-order valence-corrected chi connectivity index (χ2v) is 24.8. The Bertz CT molecular complexity index is 887. The van der Waals surface area contributed by atoms with E-state index in [9.17, 15) is 0 Å². The number of allylic oxidation sites excluding steroid dienone is 12. The second-order valence-electron chi connectivity index (χ2n) is 7.96. The Morgan fingerprint density at radius 3 is 2.44 bits per heavy atom. The van der Waals surface area contributed by atoms with Gasteiger partial charge in [0.15, 0.2) is 0 Å². The van der Waals surface area contributed by atoms with Crippen molar-refractivity contribution in [1.82, 2.24) is 0 Å². The van der Waals surface area contributed by atoms with Crippen LogP contribution >= 0.6 is 17.2 Å². The Morgan fingerprint density at radius 1 is 1.22 bits per heavy atom. The molecule has 0 saturated heterocycles. The van der Waals surface area contributed by atoms with Gasteiger partial charge in [0.05, 0.1) is 0 Å². The molecule has 143 valence electrons. The number of hydrogen-bond acceptors (Lipinski definition) is 0. The van der Waals surface area contributed by atoms with Crippen LogP contribution in [0.4, 0.5) is 0 Å². The summed E-state index contributed by atoms with van der Waals surface area (Å²) in [5, 5.41) is 0. The van der Waals surface area contributed by atoms with E-state index in [4.69, 9.17) is 17.2 Å². The van der Waals surface area contributed by atoms with Gasteiger partial charge in [-0.15, -0.1) is 0 Å². The van der Waals surface area contributed by atoms with Gasteiger partial charge < -0.3 is 0 Å². The summed E-state index contributed by atoms with van der Waals surface area (Å²) >= 11 is -3.94. The summed E-state index contributed by atoms with van der Waals surface area (Å²) in [6.07, 6.45) is 12.6. The summed E-state index contributed by atoms with van der Waals surface area (Å²) in [6, 6.07) is 0. The van der Waals surface area contributed by atoms with Crippen LogP contribution < -0.4 is 0 Å². The quantitative estimate of drug-likeness (QED) is 0.282. The van der Waals surface area contributed by atoms with Gasteiger partial charge in [-0.25, -0.2) is 0 Å². The van der Waals surface area contributed by atoms with Crippen molar-refractivity contribution in [1.29, 1.82) is 0 Å². The van der Waals surface area contributed by atoms with Crippen LogP contribution in [0.15, 0.2) is 66.6 Å². The minimum atomic E-state index is -2.76. The SMILES string of the molecule is CCCC1=[C]([Hf]([Cl])[Cl])C2=CC=C[C](=[Ge]([CH3])[CH3])C(C)C2=C1C1=C(C)C(C)=CC1. The van der Waals surface area contributed by atoms with Crippen LogP contribution in [0, 0.1) is 5.92 Å². The van der Waals surface area contributed by atoms with Crippen molar-refractivity contribution >= 4 is 35.4 Å². The number of halogens is 2. The Morgan fingerprint density at radius 2 is 1.93 bits per heavy atom. The van der Waals surface area contributed by atoms with E-state index in [2.05, 4.69) is 63.5 Å². The molecule has 0 heterocycles. The maximum absolute atomic E-state index is 6.77. The van der Waals surface area contributed by atoms with Gasteiger partial charge in [0, 0.05) is 0 Å². The molecule has 0 spiro atoms. The van der Waals surface area contributed by atoms with E-state index < -0.39 is 33.0 Å². The van der Waals surface area contributed by atoms with Gasteiger partial charge in [-0.3, -0.25) is 0 Å². The molecule has 0 aliphatic heterocycles. The summed E-state index contributed by atoms with van der Waals surface area (Å²) < 4.78 is 3.04. The monoisotopic (exact) mass is 629 g/mol. The molecule has 0 saturated carbocycles. The first-order chi connectivity index (χ1) is 12.8. The summed E-state index contributed by atoms with van der Waals surface area (Å²) in [6.45, 7) is 9.22. The van der Waals surface area contributed by atoms with Crippen molar-refractivity contribution in [2.75, 3.05) is 0 Å². The molecule has 0 bridgehead atoms. The second kappa shape index (κ2) is 8.98. The molecule has 0 amide bonds. The van der Waals surface area contributed by atoms with E-state index in [0.29, 0.717) is 5.92 Å². The van der Waals surface area contributed by atoms with Crippen LogP contribution in [0.5, 0.6) is 0 Å². The standard InChI is InChI=1S/C23H29Ge.2ClH.Hf/c1-7-9-18-14-19-10-8-11-21(24(5)6)17(4)22(19)23(18)20-13-12-15(2)16(20)3;;;/h8,10-12,17H,7,9,13H2,1-6H3;2*1H;/q;;;+2/p-2. The fraction of sp³-hybridized carbons (Fsp3) is 0.435. The fourth-order valence-corrected chi connectivity index (χ4v) is 14.4. The molecule has 3 aliphatic carbocycles. The number of hydrogen-bond donors (Lipinski definition) is 0. The minimum absolute atomic E-state index is 0.472. The maximum atomic E-state index is 6.77. The predicted octanol–water partition coefficient (Wildman–Crippen LogP) is 7.58. The van der Waals surface area contributed by atoms with Crippen LogP contribution in [-0.2, 0) is 19.1 Å². The van der Waals surface area contributed by atoms with Gasteiger partial charge in [-0.05, 0) is 0 Å². The third-order valence-electron chi connectivity index (χ3n) is 6.10. The van der Waals surface area contributed by atoms with Gasteiger partial charge >= 0.3 is 186 Å². The molecule has 1 unspecified atom stereocenters. The van der Waals surface area contributed by atoms with Crippen molar-refractivity contribution in [3.8, 4) is 0 Å². The molecule has 3 aliphatic rings. The average molecular weight is 627 g/mol. The molecule has 0 nitrogen and oxygen atoms in total. The normalized spacial score (nSPS) is 22.4. The Kier molecular flexibility index (Phi) is 7.32. The van der Waals surface area contributed by atoms with Crippen molar-refractivity contribution in [3.63, 3.8) is 0 Å². The third kappa shape index (κ3) is 4.00. The van der Waals surface area contributed by atoms with Crippen molar-refractivity contribution < 1.29 is 19.1 Å². The van der Waals surface area contributed by atoms with E-state index in [-0.39, 0.29) is 0 Å². The summed E-state index contributed by atoms with van der Waals surface area (Å²) in [5.41, 5.74) is 10.3. The molecule has 4 heteroatoms. The molecule has 0 aromatic heterocycles. The topological polar surface area (TPSA) is 0 Å². The summed E-state index contributed by atoms with van der Waals surface area (Å²) in [5.74, 6) is 5.41. The van der Waals surface area contributed by atoms with E-state index in [1.165, 1.54) is 42.3 Å². The zero-order valence-corrected chi connectivity index (χ0v) is 24.5. The molecule has 3 rings (SSSR count). The van der Waals surface area contributed by atoms with Crippen LogP contribution in [0.25, 0.3) is 0 Å². The number of fused-ring (bicyclic) bond motifs is 1. The Hall–Kier alpha value is 0.303. The molecular weight excluding hydrogens is 598 g/mol. The van der Waals surface area contributed by atoms with E-state index in [0.717, 1.165) is 19.3 Å². The molecule has 0 aromatic carbocycles.